The fourth-order valence-electron chi connectivity index (χ4n) is 13.5. The number of fused-ring (bicyclic) bond motifs is 5. The number of carbonyl (C=O) groups is 9. The van der Waals surface area contributed by atoms with Crippen LogP contribution < -0.4 is 53.8 Å². The molecule has 2 aliphatic carbocycles. The van der Waals surface area contributed by atoms with Gasteiger partial charge in [-0.15, -0.1) is 0 Å². The molecule has 4 aliphatic rings. The first-order chi connectivity index (χ1) is 52.5. The molecule has 5 aromatic rings. The fourth-order valence-corrected chi connectivity index (χ4v) is 13.5. The molecule has 590 valence electrons. The van der Waals surface area contributed by atoms with E-state index < -0.39 is 108 Å². The monoisotopic (exact) mass is 1520 g/mol. The Balaban J connectivity index is 0.683. The van der Waals surface area contributed by atoms with Crippen LogP contribution in [-0.2, 0) is 110 Å². The van der Waals surface area contributed by atoms with E-state index in [9.17, 15) is 53.1 Å². The van der Waals surface area contributed by atoms with Gasteiger partial charge in [0.15, 0.2) is 5.60 Å². The number of aromatic nitrogens is 2. The number of pyridine rings is 2. The van der Waals surface area contributed by atoms with Crippen molar-refractivity contribution >= 4 is 70.1 Å². The Morgan fingerprint density at radius 1 is 0.734 bits per heavy atom. The quantitative estimate of drug-likeness (QED) is 0.00998. The number of aryl methyl sites for hydroxylation is 1. The Morgan fingerprint density at radius 3 is 2.17 bits per heavy atom. The zero-order valence-electron chi connectivity index (χ0n) is 62.5. The highest BCUT2D eigenvalue weighted by atomic mass is 19.1. The van der Waals surface area contributed by atoms with Crippen molar-refractivity contribution in [1.82, 2.24) is 46.8 Å². The molecule has 3 aromatic carbocycles. The molecule has 0 fully saturated rings. The van der Waals surface area contributed by atoms with Crippen LogP contribution in [-0.4, -0.2) is 178 Å². The molecule has 2 aliphatic heterocycles. The topological polar surface area (TPSA) is 405 Å². The number of cyclic esters (lactones) is 1. The van der Waals surface area contributed by atoms with Gasteiger partial charge < -0.3 is 95.8 Å². The number of urea groups is 1. The molecule has 0 saturated heterocycles. The number of ether oxygens (including phenoxy) is 8. The Kier molecular flexibility index (Phi) is 31.4. The highest BCUT2D eigenvalue weighted by molar-refractivity contribution is 5.99. The van der Waals surface area contributed by atoms with Crippen LogP contribution >= 0.6 is 0 Å². The zero-order valence-corrected chi connectivity index (χ0v) is 62.5. The van der Waals surface area contributed by atoms with Crippen LogP contribution in [0.3, 0.4) is 0 Å². The van der Waals surface area contributed by atoms with Gasteiger partial charge in [-0.3, -0.25) is 33.6 Å². The first kappa shape index (κ1) is 83.3. The van der Waals surface area contributed by atoms with Gasteiger partial charge in [-0.1, -0.05) is 102 Å². The zero-order chi connectivity index (χ0) is 78.0. The molecule has 0 radical (unpaired) electrons. The maximum atomic E-state index is 15.5. The molecule has 0 bridgehead atoms. The van der Waals surface area contributed by atoms with E-state index in [-0.39, 0.29) is 108 Å². The second-order valence-corrected chi connectivity index (χ2v) is 27.8. The Labute approximate surface area is 631 Å². The predicted octanol–water partition coefficient (Wildman–Crippen LogP) is 5.39. The van der Waals surface area contributed by atoms with Gasteiger partial charge in [-0.2, -0.15) is 0 Å². The van der Waals surface area contributed by atoms with Gasteiger partial charge >= 0.3 is 18.1 Å². The molecular formula is C78H102FN11O19. The summed E-state index contributed by atoms with van der Waals surface area (Å²) in [6.07, 6.45) is 9.80. The maximum absolute atomic E-state index is 15.5. The van der Waals surface area contributed by atoms with Gasteiger partial charge in [0.05, 0.1) is 94.0 Å². The highest BCUT2D eigenvalue weighted by Gasteiger charge is 2.46. The Morgan fingerprint density at radius 2 is 1.45 bits per heavy atom. The molecule has 11 N–H and O–H groups in total. The number of allylic oxidation sites excluding steroid dienone is 1. The van der Waals surface area contributed by atoms with Crippen LogP contribution in [0.1, 0.15) is 142 Å². The Hall–Kier alpha value is -9.76. The smallest absolute Gasteiger partial charge is 0.408 e. The van der Waals surface area contributed by atoms with Gasteiger partial charge in [0.1, 0.15) is 57.1 Å². The average Bonchev–Trinajstić information content (AvgIpc) is 1.60. The summed E-state index contributed by atoms with van der Waals surface area (Å²) >= 11 is 0. The van der Waals surface area contributed by atoms with Crippen LogP contribution in [0.4, 0.5) is 19.7 Å². The van der Waals surface area contributed by atoms with E-state index in [1.807, 2.05) is 0 Å². The molecule has 2 unspecified atom stereocenters. The first-order valence-corrected chi connectivity index (χ1v) is 37.4. The summed E-state index contributed by atoms with van der Waals surface area (Å²) in [6.45, 7) is 10.1. The van der Waals surface area contributed by atoms with Gasteiger partial charge in [0.2, 0.25) is 35.4 Å². The summed E-state index contributed by atoms with van der Waals surface area (Å²) in [4.78, 5) is 137. The van der Waals surface area contributed by atoms with Crippen molar-refractivity contribution in [3.8, 4) is 11.4 Å². The minimum absolute atomic E-state index is 0.00358. The van der Waals surface area contributed by atoms with Gasteiger partial charge in [-0.25, -0.2) is 23.8 Å². The summed E-state index contributed by atoms with van der Waals surface area (Å²) in [6, 6.07) is 13.3. The number of hydrogen-bond acceptors (Lipinski definition) is 20. The number of nitrogens with two attached hydrogens (primary N) is 1. The normalized spacial score (nSPS) is 18.2. The second-order valence-electron chi connectivity index (χ2n) is 27.8. The lowest BCUT2D eigenvalue weighted by molar-refractivity contribution is -0.172. The van der Waals surface area contributed by atoms with Gasteiger partial charge in [0.25, 0.3) is 5.56 Å². The van der Waals surface area contributed by atoms with Crippen molar-refractivity contribution in [2.24, 2.45) is 17.6 Å². The second kappa shape index (κ2) is 41.2. The molecule has 4 heterocycles. The summed E-state index contributed by atoms with van der Waals surface area (Å²) < 4.78 is 61.6. The van der Waals surface area contributed by atoms with Gasteiger partial charge in [-0.05, 0) is 110 Å². The van der Waals surface area contributed by atoms with Crippen molar-refractivity contribution in [3.63, 3.8) is 0 Å². The number of halogens is 1. The summed E-state index contributed by atoms with van der Waals surface area (Å²) in [7, 11) is 0. The van der Waals surface area contributed by atoms with Crippen molar-refractivity contribution in [2.75, 3.05) is 91.2 Å². The van der Waals surface area contributed by atoms with Crippen molar-refractivity contribution in [3.05, 3.63) is 140 Å². The number of nitrogens with zero attached hydrogens (tertiary/aromatic N) is 2. The molecule has 31 heteroatoms. The van der Waals surface area contributed by atoms with Crippen LogP contribution in [0, 0.1) is 24.6 Å². The van der Waals surface area contributed by atoms with E-state index in [2.05, 4.69) is 61.6 Å². The first-order valence-electron chi connectivity index (χ1n) is 37.4. The number of carbonyl (C=O) groups excluding carboxylic acids is 9. The fraction of sp³-hybridized carbons (Fsp3) is 0.526. The Bertz CT molecular complexity index is 4100. The lowest BCUT2D eigenvalue weighted by Gasteiger charge is -2.31. The number of nitrogens with one attached hydrogen (secondary N) is 8. The standard InChI is InChI=1S/C78H102FN11O19/c1-6-78(101)57-39-63-70-55(41-90(63)74(97)56(57)43-108-75(78)98)68-59(26-25-54-49(5)58(79)40-61(86-70)67(54)68)85-66(93)44-106-46-83-71(94)62(38-50-15-10-8-11-16-50)88-77(100)109-42-51-20-22-52(23-21-51)84-72(95)60(18-13-28-82-76(80)99)87-73(96)69(47(2)3)89-64(91)27-30-102-32-34-104-36-37-105-35-33-103-31-29-81-65(92)45-107-53-17-12-7-9-14-48(4)19-24-53/h8,10-11,15-16,19-24,39-40,47-48,53,59-60,62,69,101H,6-7,9,12-14,17-18,25-38,41-46H2,1-5H3,(H,81,92)(H,83,94)(H,84,95)(H,85,93)(H,87,96)(H,88,100)(H,89,91)(H3,80,82,99)/b24-19-/t48?,53?,59-,60-,62-,69-,78-/m0/s1. The number of benzene rings is 3. The maximum Gasteiger partial charge on any atom is 0.408 e. The van der Waals surface area contributed by atoms with Gasteiger partial charge in [0, 0.05) is 54.2 Å². The minimum atomic E-state index is -2.07. The van der Waals surface area contributed by atoms with Crippen LogP contribution in [0.5, 0.6) is 0 Å². The largest absolute Gasteiger partial charge is 0.458 e. The van der Waals surface area contributed by atoms with Crippen molar-refractivity contribution in [1.29, 1.82) is 0 Å². The molecule has 109 heavy (non-hydrogen) atoms. The summed E-state index contributed by atoms with van der Waals surface area (Å²) in [5, 5.41) is 33.9. The third-order valence-corrected chi connectivity index (χ3v) is 19.5. The third-order valence-electron chi connectivity index (χ3n) is 19.5. The van der Waals surface area contributed by atoms with E-state index in [1.165, 1.54) is 29.9 Å². The molecule has 0 spiro atoms. The van der Waals surface area contributed by atoms with E-state index >= 15 is 4.39 Å². The van der Waals surface area contributed by atoms with Crippen molar-refractivity contribution < 1.29 is 90.5 Å². The number of aliphatic hydroxyl groups is 1. The SMILES string of the molecule is CC[C@@]1(O)C(=O)OCc2c1cc1n(c2=O)Cc2c-1nc1cc(F)c(C)c3c1c2[C@@H](NC(=O)COCNC(=O)[C@H](Cc1ccccc1)NC(=O)OCc1ccc(NC(=O)[C@H](CCCNC(N)=O)NC(=O)[C@@H](NC(=O)CCOCCOCCOCCOCCNC(=O)COC2/C=C\C(C)CCCCC2)C(C)C)cc1)CC3. The van der Waals surface area contributed by atoms with Crippen LogP contribution in [0.25, 0.3) is 22.3 Å². The molecule has 9 amide bonds. The van der Waals surface area contributed by atoms with E-state index in [1.54, 1.807) is 88.4 Å². The average molecular weight is 1520 g/mol. The van der Waals surface area contributed by atoms with E-state index in [0.29, 0.717) is 114 Å². The third kappa shape index (κ3) is 23.6. The van der Waals surface area contributed by atoms with E-state index in [4.69, 9.17) is 48.6 Å². The minimum Gasteiger partial charge on any atom is -0.458 e. The highest BCUT2D eigenvalue weighted by Crippen LogP contribution is 2.46. The van der Waals surface area contributed by atoms with Crippen LogP contribution in [0.15, 0.2) is 83.7 Å². The molecular weight excluding hydrogens is 1410 g/mol. The molecule has 2 aromatic heterocycles. The molecule has 9 rings (SSSR count). The molecule has 30 nitrogen and oxygen atoms in total. The van der Waals surface area contributed by atoms with Crippen LogP contribution in [0.2, 0.25) is 0 Å². The summed E-state index contributed by atoms with van der Waals surface area (Å²) in [5.74, 6) is -4.30. The number of hydrogen-bond donors (Lipinski definition) is 10. The number of esters is 1. The molecule has 0 saturated carbocycles. The number of amides is 9. The summed E-state index contributed by atoms with van der Waals surface area (Å²) in [5.41, 5.74) is 7.88. The predicted molar refractivity (Wildman–Crippen MR) is 397 cm³/mol. The number of anilines is 1. The number of primary amides is 1. The lowest BCUT2D eigenvalue weighted by atomic mass is 9.81. The number of rotatable bonds is 40. The van der Waals surface area contributed by atoms with Crippen molar-refractivity contribution in [2.45, 2.75) is 167 Å². The molecule has 7 atom stereocenters. The number of alkyl carbamates (subject to hydrolysis) is 1. The van der Waals surface area contributed by atoms with E-state index in [0.717, 1.165) is 18.4 Å². The lowest BCUT2D eigenvalue weighted by Crippen LogP contribution is -2.54.